The Bertz CT molecular complexity index is 433. The molecule has 0 amide bonds. The molecule has 0 fully saturated rings. The predicted molar refractivity (Wildman–Crippen MR) is 72.3 cm³/mol. The first-order chi connectivity index (χ1) is 8.49. The van der Waals surface area contributed by atoms with Crippen molar-refractivity contribution in [2.45, 2.75) is 20.8 Å². The molecule has 0 aliphatic heterocycles. The van der Waals surface area contributed by atoms with Gasteiger partial charge in [-0.1, -0.05) is 0 Å². The molecule has 0 aromatic carbocycles. The highest BCUT2D eigenvalue weighted by atomic mass is 16.5. The molecule has 0 atom stereocenters. The molecule has 0 radical (unpaired) electrons. The van der Waals surface area contributed by atoms with E-state index < -0.39 is 0 Å². The minimum atomic E-state index is 0.0174. The molecule has 0 unspecified atom stereocenters. The van der Waals surface area contributed by atoms with Crippen LogP contribution >= 0.6 is 0 Å². The smallest absolute Gasteiger partial charge is 0.162 e. The minimum Gasteiger partial charge on any atom is -0.384 e. The van der Waals surface area contributed by atoms with Gasteiger partial charge in [-0.25, -0.2) is 0 Å². The molecule has 0 bridgehead atoms. The second kappa shape index (κ2) is 6.30. The van der Waals surface area contributed by atoms with E-state index in [2.05, 4.69) is 10.2 Å². The summed E-state index contributed by atoms with van der Waals surface area (Å²) in [5, 5.41) is 15.9. The second-order valence-corrected chi connectivity index (χ2v) is 4.14. The van der Waals surface area contributed by atoms with Crippen molar-refractivity contribution in [3.05, 3.63) is 16.8 Å². The first-order valence-corrected chi connectivity index (χ1v) is 5.96. The van der Waals surface area contributed by atoms with Crippen molar-refractivity contribution in [1.82, 2.24) is 10.2 Å². The maximum atomic E-state index is 7.67. The fourth-order valence-electron chi connectivity index (χ4n) is 1.64. The minimum absolute atomic E-state index is 0.0174. The Morgan fingerprint density at radius 2 is 2.06 bits per heavy atom. The lowest BCUT2D eigenvalue weighted by atomic mass is 10.1. The van der Waals surface area contributed by atoms with E-state index in [4.69, 9.17) is 15.9 Å². The summed E-state index contributed by atoms with van der Waals surface area (Å²) in [6.45, 7) is 7.70. The molecule has 1 aromatic rings. The van der Waals surface area contributed by atoms with Crippen molar-refractivity contribution in [2.75, 3.05) is 31.7 Å². The van der Waals surface area contributed by atoms with Crippen LogP contribution in [0.5, 0.6) is 0 Å². The highest BCUT2D eigenvalue weighted by Crippen LogP contribution is 2.20. The third kappa shape index (κ3) is 3.16. The summed E-state index contributed by atoms with van der Waals surface area (Å²) in [6.07, 6.45) is 0. The summed E-state index contributed by atoms with van der Waals surface area (Å²) in [7, 11) is 1.89. The molecule has 6 heteroatoms. The number of amidine groups is 1. The van der Waals surface area contributed by atoms with E-state index in [1.165, 1.54) is 0 Å². The zero-order valence-corrected chi connectivity index (χ0v) is 11.4. The maximum Gasteiger partial charge on any atom is 0.162 e. The molecule has 0 aliphatic rings. The van der Waals surface area contributed by atoms with Crippen LogP contribution in [0.4, 0.5) is 5.82 Å². The van der Waals surface area contributed by atoms with E-state index >= 15 is 0 Å². The molecule has 0 saturated carbocycles. The highest BCUT2D eigenvalue weighted by molar-refractivity contribution is 6.01. The number of hydrogen-bond acceptors (Lipinski definition) is 5. The average Bonchev–Trinajstić information content (AvgIpc) is 2.32. The number of aryl methyl sites for hydroxylation is 1. The van der Waals surface area contributed by atoms with Crippen LogP contribution in [0.3, 0.4) is 0 Å². The number of nitrogens with two attached hydrogens (primary N) is 1. The number of aromatic nitrogens is 2. The average molecular weight is 251 g/mol. The number of hydrogen-bond donors (Lipinski definition) is 2. The van der Waals surface area contributed by atoms with Gasteiger partial charge < -0.3 is 15.4 Å². The van der Waals surface area contributed by atoms with E-state index in [0.29, 0.717) is 31.1 Å². The van der Waals surface area contributed by atoms with Gasteiger partial charge in [0, 0.05) is 20.2 Å². The summed E-state index contributed by atoms with van der Waals surface area (Å²) in [5.41, 5.74) is 7.98. The Morgan fingerprint density at radius 1 is 1.39 bits per heavy atom. The number of nitrogens with zero attached hydrogens (tertiary/aromatic N) is 3. The Balaban J connectivity index is 3.01. The number of ether oxygens (including phenoxy) is 1. The summed E-state index contributed by atoms with van der Waals surface area (Å²) < 4.78 is 5.31. The van der Waals surface area contributed by atoms with Gasteiger partial charge in [-0.2, -0.15) is 5.10 Å². The predicted octanol–water partition coefficient (Wildman–Crippen LogP) is 0.850. The molecule has 0 spiro atoms. The third-order valence-electron chi connectivity index (χ3n) is 2.84. The molecule has 1 heterocycles. The molecular formula is C12H21N5O. The SMILES string of the molecule is CCOCCN(C)c1nnc(C)c(C)c1C(=N)N. The van der Waals surface area contributed by atoms with Crippen molar-refractivity contribution in [2.24, 2.45) is 5.73 Å². The van der Waals surface area contributed by atoms with E-state index in [-0.39, 0.29) is 5.84 Å². The standard InChI is InChI=1S/C12H21N5O/c1-5-18-7-6-17(4)12-10(11(13)14)8(2)9(3)15-16-12/h5-7H2,1-4H3,(H3,13,14). The molecular weight excluding hydrogens is 230 g/mol. The lowest BCUT2D eigenvalue weighted by Gasteiger charge is -2.21. The van der Waals surface area contributed by atoms with Gasteiger partial charge in [0.1, 0.15) is 5.84 Å². The Labute approximate surface area is 108 Å². The van der Waals surface area contributed by atoms with Crippen LogP contribution in [0.1, 0.15) is 23.7 Å². The van der Waals surface area contributed by atoms with Crippen LogP contribution < -0.4 is 10.6 Å². The summed E-state index contributed by atoms with van der Waals surface area (Å²) in [5.74, 6) is 0.647. The Morgan fingerprint density at radius 3 is 2.61 bits per heavy atom. The molecule has 6 nitrogen and oxygen atoms in total. The van der Waals surface area contributed by atoms with Crippen molar-refractivity contribution >= 4 is 11.7 Å². The van der Waals surface area contributed by atoms with E-state index in [0.717, 1.165) is 11.3 Å². The monoisotopic (exact) mass is 251 g/mol. The first kappa shape index (κ1) is 14.4. The van der Waals surface area contributed by atoms with Crippen LogP contribution in [0.2, 0.25) is 0 Å². The van der Waals surface area contributed by atoms with Gasteiger partial charge in [0.2, 0.25) is 0 Å². The van der Waals surface area contributed by atoms with Crippen molar-refractivity contribution in [3.8, 4) is 0 Å². The van der Waals surface area contributed by atoms with Crippen LogP contribution in [0, 0.1) is 19.3 Å². The summed E-state index contributed by atoms with van der Waals surface area (Å²) >= 11 is 0. The summed E-state index contributed by atoms with van der Waals surface area (Å²) in [6, 6.07) is 0. The van der Waals surface area contributed by atoms with Gasteiger partial charge in [0.25, 0.3) is 0 Å². The maximum absolute atomic E-state index is 7.67. The van der Waals surface area contributed by atoms with Crippen LogP contribution in [0.15, 0.2) is 0 Å². The van der Waals surface area contributed by atoms with Crippen molar-refractivity contribution in [3.63, 3.8) is 0 Å². The van der Waals surface area contributed by atoms with Crippen molar-refractivity contribution in [1.29, 1.82) is 5.41 Å². The normalized spacial score (nSPS) is 10.4. The fraction of sp³-hybridized carbons (Fsp3) is 0.583. The highest BCUT2D eigenvalue weighted by Gasteiger charge is 2.16. The quantitative estimate of drug-likeness (QED) is 0.444. The lowest BCUT2D eigenvalue weighted by molar-refractivity contribution is 0.154. The molecule has 3 N–H and O–H groups in total. The summed E-state index contributed by atoms with van der Waals surface area (Å²) in [4.78, 5) is 1.91. The molecule has 1 aromatic heterocycles. The molecule has 1 rings (SSSR count). The number of anilines is 1. The zero-order valence-electron chi connectivity index (χ0n) is 11.4. The fourth-order valence-corrected chi connectivity index (χ4v) is 1.64. The third-order valence-corrected chi connectivity index (χ3v) is 2.84. The van der Waals surface area contributed by atoms with Gasteiger partial charge in [-0.05, 0) is 26.3 Å². The second-order valence-electron chi connectivity index (χ2n) is 4.14. The van der Waals surface area contributed by atoms with Gasteiger partial charge in [0.15, 0.2) is 5.82 Å². The van der Waals surface area contributed by atoms with Gasteiger partial charge in [0.05, 0.1) is 17.9 Å². The van der Waals surface area contributed by atoms with Crippen LogP contribution in [0.25, 0.3) is 0 Å². The van der Waals surface area contributed by atoms with Crippen molar-refractivity contribution < 1.29 is 4.74 Å². The van der Waals surface area contributed by atoms with E-state index in [9.17, 15) is 0 Å². The largest absolute Gasteiger partial charge is 0.384 e. The van der Waals surface area contributed by atoms with E-state index in [1.54, 1.807) is 0 Å². The van der Waals surface area contributed by atoms with Gasteiger partial charge >= 0.3 is 0 Å². The van der Waals surface area contributed by atoms with Gasteiger partial charge in [-0.15, -0.1) is 5.10 Å². The van der Waals surface area contributed by atoms with Crippen LogP contribution in [-0.4, -0.2) is 42.8 Å². The molecule has 0 saturated heterocycles. The zero-order chi connectivity index (χ0) is 13.7. The Hall–Kier alpha value is -1.69. The lowest BCUT2D eigenvalue weighted by Crippen LogP contribution is -2.28. The van der Waals surface area contributed by atoms with Gasteiger partial charge in [-0.3, -0.25) is 5.41 Å². The number of likely N-dealkylation sites (N-methyl/N-ethyl adjacent to an activating group) is 1. The number of rotatable bonds is 6. The first-order valence-electron chi connectivity index (χ1n) is 5.96. The number of nitrogens with one attached hydrogen (secondary N) is 1. The topological polar surface area (TPSA) is 88.1 Å². The molecule has 0 aliphatic carbocycles. The Kier molecular flexibility index (Phi) is 5.03. The molecule has 100 valence electrons. The number of nitrogen functional groups attached to an aromatic ring is 1. The van der Waals surface area contributed by atoms with E-state index in [1.807, 2.05) is 32.7 Å². The van der Waals surface area contributed by atoms with Crippen LogP contribution in [-0.2, 0) is 4.74 Å². The molecule has 18 heavy (non-hydrogen) atoms.